The molecule has 2 fully saturated rings. The third-order valence-corrected chi connectivity index (χ3v) is 10.7. The van der Waals surface area contributed by atoms with E-state index in [9.17, 15) is 4.79 Å². The van der Waals surface area contributed by atoms with Crippen LogP contribution in [-0.2, 0) is 11.8 Å². The Morgan fingerprint density at radius 1 is 0.977 bits per heavy atom. The van der Waals surface area contributed by atoms with Gasteiger partial charge in [-0.15, -0.1) is 11.3 Å². The van der Waals surface area contributed by atoms with Gasteiger partial charge in [0.1, 0.15) is 0 Å². The number of anilines is 1. The molecule has 0 radical (unpaired) electrons. The highest BCUT2D eigenvalue weighted by Gasteiger charge is 2.39. The van der Waals surface area contributed by atoms with E-state index >= 15 is 0 Å². The SMILES string of the molecule is Nc1nc(C2(c3ccccc3)CCN(CCCc3cccc(C(=O)N4CCCC(c5ccc(Cl)c(Cl)c5)C4)c3)CC2)cs1. The van der Waals surface area contributed by atoms with Crippen LogP contribution in [0.5, 0.6) is 0 Å². The molecule has 2 N–H and O–H groups in total. The number of benzene rings is 3. The van der Waals surface area contributed by atoms with Crippen LogP contribution in [0.25, 0.3) is 0 Å². The normalized spacial score (nSPS) is 18.9. The Kier molecular flexibility index (Phi) is 9.39. The molecular weight excluding hydrogens is 595 g/mol. The van der Waals surface area contributed by atoms with Crippen molar-refractivity contribution in [2.75, 3.05) is 38.5 Å². The Hall–Kier alpha value is -2.90. The van der Waals surface area contributed by atoms with Crippen molar-refractivity contribution in [3.63, 3.8) is 0 Å². The van der Waals surface area contributed by atoms with Crippen LogP contribution >= 0.6 is 34.5 Å². The number of thiazole rings is 1. The summed E-state index contributed by atoms with van der Waals surface area (Å²) in [7, 11) is 0. The molecule has 5 nitrogen and oxygen atoms in total. The van der Waals surface area contributed by atoms with Crippen molar-refractivity contribution >= 4 is 45.6 Å². The molecule has 2 saturated heterocycles. The lowest BCUT2D eigenvalue weighted by Crippen LogP contribution is -2.44. The van der Waals surface area contributed by atoms with Crippen LogP contribution in [-0.4, -0.2) is 53.4 Å². The monoisotopic (exact) mass is 632 g/mol. The molecule has 8 heteroatoms. The van der Waals surface area contributed by atoms with Crippen molar-refractivity contribution in [1.29, 1.82) is 0 Å². The van der Waals surface area contributed by atoms with Crippen molar-refractivity contribution in [1.82, 2.24) is 14.8 Å². The fourth-order valence-corrected chi connectivity index (χ4v) is 7.83. The second kappa shape index (κ2) is 13.4. The molecule has 0 spiro atoms. The van der Waals surface area contributed by atoms with Crippen LogP contribution < -0.4 is 5.73 Å². The van der Waals surface area contributed by atoms with Crippen LogP contribution in [0.2, 0.25) is 10.0 Å². The lowest BCUT2D eigenvalue weighted by Gasteiger charge is -2.41. The smallest absolute Gasteiger partial charge is 0.253 e. The number of carbonyl (C=O) groups is 1. The predicted octanol–water partition coefficient (Wildman–Crippen LogP) is 8.07. The number of aryl methyl sites for hydroxylation is 1. The second-order valence-corrected chi connectivity index (χ2v) is 13.6. The summed E-state index contributed by atoms with van der Waals surface area (Å²) in [5.74, 6) is 0.385. The maximum Gasteiger partial charge on any atom is 0.253 e. The van der Waals surface area contributed by atoms with E-state index in [1.54, 1.807) is 0 Å². The fourth-order valence-electron chi connectivity index (χ4n) is 6.86. The highest BCUT2D eigenvalue weighted by molar-refractivity contribution is 7.13. The van der Waals surface area contributed by atoms with Gasteiger partial charge in [-0.2, -0.15) is 0 Å². The van der Waals surface area contributed by atoms with Gasteiger partial charge in [0.25, 0.3) is 5.91 Å². The Labute approximate surface area is 268 Å². The molecule has 224 valence electrons. The number of likely N-dealkylation sites (tertiary alicyclic amines) is 2. The van der Waals surface area contributed by atoms with Gasteiger partial charge in [0.05, 0.1) is 15.7 Å². The number of hydrogen-bond donors (Lipinski definition) is 1. The summed E-state index contributed by atoms with van der Waals surface area (Å²) in [6, 6.07) is 24.8. The molecule has 6 rings (SSSR count). The third kappa shape index (κ3) is 6.78. The van der Waals surface area contributed by atoms with E-state index in [0.717, 1.165) is 81.5 Å². The summed E-state index contributed by atoms with van der Waals surface area (Å²) < 4.78 is 0. The summed E-state index contributed by atoms with van der Waals surface area (Å²) in [4.78, 5) is 22.8. The largest absolute Gasteiger partial charge is 0.375 e. The minimum absolute atomic E-state index is 0.0755. The zero-order chi connectivity index (χ0) is 29.8. The van der Waals surface area contributed by atoms with E-state index in [2.05, 4.69) is 52.7 Å². The number of aromatic nitrogens is 1. The average molecular weight is 634 g/mol. The number of hydrogen-bond acceptors (Lipinski definition) is 5. The summed E-state index contributed by atoms with van der Waals surface area (Å²) in [5.41, 5.74) is 11.6. The van der Waals surface area contributed by atoms with Crippen molar-refractivity contribution in [2.24, 2.45) is 0 Å². The number of nitrogens with two attached hydrogens (primary N) is 1. The van der Waals surface area contributed by atoms with Gasteiger partial charge in [-0.05, 0) is 99.1 Å². The Balaban J connectivity index is 1.04. The topological polar surface area (TPSA) is 62.5 Å². The Morgan fingerprint density at radius 2 is 1.79 bits per heavy atom. The lowest BCUT2D eigenvalue weighted by atomic mass is 9.70. The lowest BCUT2D eigenvalue weighted by molar-refractivity contribution is 0.0707. The maximum atomic E-state index is 13.5. The van der Waals surface area contributed by atoms with E-state index in [0.29, 0.717) is 21.7 Å². The number of carbonyl (C=O) groups excluding carboxylic acids is 1. The summed E-state index contributed by atoms with van der Waals surface area (Å²) >= 11 is 13.9. The molecule has 0 saturated carbocycles. The van der Waals surface area contributed by atoms with Gasteiger partial charge in [-0.1, -0.05) is 71.7 Å². The molecule has 1 unspecified atom stereocenters. The van der Waals surface area contributed by atoms with Gasteiger partial charge >= 0.3 is 0 Å². The van der Waals surface area contributed by atoms with E-state index in [4.69, 9.17) is 33.9 Å². The van der Waals surface area contributed by atoms with Gasteiger partial charge in [-0.3, -0.25) is 4.79 Å². The number of nitrogens with zero attached hydrogens (tertiary/aromatic N) is 3. The predicted molar refractivity (Wildman–Crippen MR) is 179 cm³/mol. The third-order valence-electron chi connectivity index (χ3n) is 9.29. The summed E-state index contributed by atoms with van der Waals surface area (Å²) in [5, 5.41) is 3.91. The van der Waals surface area contributed by atoms with Crippen LogP contribution in [0.4, 0.5) is 5.13 Å². The number of amides is 1. The van der Waals surface area contributed by atoms with Crippen molar-refractivity contribution in [2.45, 2.75) is 49.9 Å². The van der Waals surface area contributed by atoms with E-state index < -0.39 is 0 Å². The van der Waals surface area contributed by atoms with E-state index in [1.807, 2.05) is 35.2 Å². The van der Waals surface area contributed by atoms with Crippen molar-refractivity contribution in [3.8, 4) is 0 Å². The zero-order valence-corrected chi connectivity index (χ0v) is 26.7. The molecule has 3 aromatic carbocycles. The van der Waals surface area contributed by atoms with Gasteiger partial charge < -0.3 is 15.5 Å². The summed E-state index contributed by atoms with van der Waals surface area (Å²) in [6.07, 6.45) is 6.10. The van der Waals surface area contributed by atoms with Gasteiger partial charge in [0.15, 0.2) is 5.13 Å². The number of rotatable bonds is 8. The van der Waals surface area contributed by atoms with Gasteiger partial charge in [-0.25, -0.2) is 4.98 Å². The minimum Gasteiger partial charge on any atom is -0.375 e. The molecule has 3 heterocycles. The molecule has 4 aromatic rings. The molecule has 1 aromatic heterocycles. The highest BCUT2D eigenvalue weighted by atomic mass is 35.5. The first-order valence-electron chi connectivity index (χ1n) is 15.2. The Bertz CT molecular complexity index is 1550. The minimum atomic E-state index is -0.0755. The zero-order valence-electron chi connectivity index (χ0n) is 24.4. The summed E-state index contributed by atoms with van der Waals surface area (Å²) in [6.45, 7) is 4.58. The molecule has 0 aliphatic carbocycles. The quantitative estimate of drug-likeness (QED) is 0.213. The molecule has 1 amide bonds. The average Bonchev–Trinajstić information content (AvgIpc) is 3.49. The molecule has 2 aliphatic rings. The van der Waals surface area contributed by atoms with Crippen molar-refractivity contribution in [3.05, 3.63) is 116 Å². The molecular formula is C35H38Cl2N4OS. The molecule has 43 heavy (non-hydrogen) atoms. The maximum absolute atomic E-state index is 13.5. The molecule has 0 bridgehead atoms. The standard InChI is InChI=1S/C35H38Cl2N4OS/c36-30-14-13-26(22-31(30)37)28-10-6-18-41(23-28)33(42)27-9-4-7-25(21-27)8-5-17-40-19-15-35(16-20-40,29-11-2-1-3-12-29)32-24-43-34(38)39-32/h1-4,7,9,11-14,21-22,24,28H,5-6,8,10,15-20,23H2,(H2,38,39). The second-order valence-electron chi connectivity index (χ2n) is 11.9. The highest BCUT2D eigenvalue weighted by Crippen LogP contribution is 2.42. The first-order chi connectivity index (χ1) is 20.9. The fraction of sp³-hybridized carbons (Fsp3) is 0.371. The van der Waals surface area contributed by atoms with Gasteiger partial charge in [0, 0.05) is 35.4 Å². The number of nitrogen functional groups attached to an aromatic ring is 1. The van der Waals surface area contributed by atoms with Crippen LogP contribution in [0.3, 0.4) is 0 Å². The van der Waals surface area contributed by atoms with Crippen molar-refractivity contribution < 1.29 is 4.79 Å². The van der Waals surface area contributed by atoms with E-state index in [-0.39, 0.29) is 17.2 Å². The van der Waals surface area contributed by atoms with Crippen LogP contribution in [0, 0.1) is 0 Å². The van der Waals surface area contributed by atoms with Gasteiger partial charge in [0.2, 0.25) is 0 Å². The van der Waals surface area contributed by atoms with Crippen LogP contribution in [0.15, 0.2) is 78.2 Å². The number of piperidine rings is 2. The molecule has 1 atom stereocenters. The number of halogens is 2. The van der Waals surface area contributed by atoms with E-state index in [1.165, 1.54) is 22.5 Å². The first kappa shape index (κ1) is 30.1. The first-order valence-corrected chi connectivity index (χ1v) is 16.9. The van der Waals surface area contributed by atoms with Crippen LogP contribution in [0.1, 0.15) is 70.8 Å². The molecule has 2 aliphatic heterocycles. The Morgan fingerprint density at radius 3 is 2.53 bits per heavy atom.